The van der Waals surface area contributed by atoms with Gasteiger partial charge in [0, 0.05) is 5.70 Å². The summed E-state index contributed by atoms with van der Waals surface area (Å²) in [6.07, 6.45) is 6.60. The Kier molecular flexibility index (Phi) is 8.67. The van der Waals surface area contributed by atoms with Gasteiger partial charge in [0.15, 0.2) is 0 Å². The molecule has 1 heterocycles. The molecule has 1 atom stereocenters. The highest BCUT2D eigenvalue weighted by molar-refractivity contribution is 6.22. The van der Waals surface area contributed by atoms with Crippen molar-refractivity contribution in [3.8, 4) is 55.6 Å². The Labute approximate surface area is 328 Å². The molecular weight excluding hydrogens is 675 g/mol. The van der Waals surface area contributed by atoms with Crippen LogP contribution in [0.3, 0.4) is 0 Å². The van der Waals surface area contributed by atoms with Crippen LogP contribution in [0.5, 0.6) is 0 Å². The Bertz CT molecular complexity index is 2830. The summed E-state index contributed by atoms with van der Waals surface area (Å²) in [6.45, 7) is 0. The predicted octanol–water partition coefficient (Wildman–Crippen LogP) is 14.6. The first-order chi connectivity index (χ1) is 27.8. The van der Waals surface area contributed by atoms with Gasteiger partial charge in [0.1, 0.15) is 0 Å². The maximum absolute atomic E-state index is 3.83. The van der Waals surface area contributed by atoms with Crippen LogP contribution in [0.2, 0.25) is 0 Å². The summed E-state index contributed by atoms with van der Waals surface area (Å²) in [7, 11) is 0. The first-order valence-electron chi connectivity index (χ1n) is 19.4. The van der Waals surface area contributed by atoms with Crippen molar-refractivity contribution in [2.24, 2.45) is 0 Å². The van der Waals surface area contributed by atoms with Crippen molar-refractivity contribution in [1.82, 2.24) is 5.32 Å². The molecule has 1 heteroatoms. The van der Waals surface area contributed by atoms with Crippen molar-refractivity contribution in [2.75, 3.05) is 0 Å². The number of nitrogens with one attached hydrogen (secondary N) is 1. The monoisotopic (exact) mass is 713 g/mol. The third kappa shape index (κ3) is 6.30. The van der Waals surface area contributed by atoms with E-state index in [4.69, 9.17) is 0 Å². The summed E-state index contributed by atoms with van der Waals surface area (Å²) in [5.74, 6) is 0. The second-order valence-corrected chi connectivity index (χ2v) is 14.5. The van der Waals surface area contributed by atoms with E-state index in [9.17, 15) is 0 Å². The van der Waals surface area contributed by atoms with Gasteiger partial charge in [-0.2, -0.15) is 0 Å². The van der Waals surface area contributed by atoms with Gasteiger partial charge in [-0.25, -0.2) is 0 Å². The van der Waals surface area contributed by atoms with E-state index in [1.54, 1.807) is 0 Å². The second-order valence-electron chi connectivity index (χ2n) is 14.5. The molecule has 0 bridgehead atoms. The molecule has 0 aliphatic carbocycles. The Morgan fingerprint density at radius 1 is 0.304 bits per heavy atom. The maximum Gasteiger partial charge on any atom is 0.0701 e. The molecule has 0 saturated carbocycles. The number of fused-ring (bicyclic) bond motifs is 2. The van der Waals surface area contributed by atoms with Crippen molar-refractivity contribution in [3.63, 3.8) is 0 Å². The fraction of sp³-hybridized carbons (Fsp3) is 0.0182. The molecule has 1 unspecified atom stereocenters. The lowest BCUT2D eigenvalue weighted by molar-refractivity contribution is 0.765. The van der Waals surface area contributed by atoms with Gasteiger partial charge in [0.25, 0.3) is 0 Å². The van der Waals surface area contributed by atoms with Crippen molar-refractivity contribution in [1.29, 1.82) is 0 Å². The van der Waals surface area contributed by atoms with E-state index >= 15 is 0 Å². The number of dihydropyridines is 1. The highest BCUT2D eigenvalue weighted by Gasteiger charge is 2.21. The van der Waals surface area contributed by atoms with Gasteiger partial charge in [0.05, 0.1) is 6.04 Å². The largest absolute Gasteiger partial charge is 0.374 e. The summed E-state index contributed by atoms with van der Waals surface area (Å²) < 4.78 is 0. The fourth-order valence-corrected chi connectivity index (χ4v) is 8.36. The first kappa shape index (κ1) is 33.4. The maximum atomic E-state index is 3.83. The summed E-state index contributed by atoms with van der Waals surface area (Å²) in [6, 6.07) is 75.1. The molecule has 1 aliphatic rings. The van der Waals surface area contributed by atoms with Crippen LogP contribution in [0.15, 0.2) is 224 Å². The average molecular weight is 714 g/mol. The minimum Gasteiger partial charge on any atom is -0.374 e. The zero-order valence-corrected chi connectivity index (χ0v) is 30.9. The predicted molar refractivity (Wildman–Crippen MR) is 238 cm³/mol. The molecule has 1 N–H and O–H groups in total. The summed E-state index contributed by atoms with van der Waals surface area (Å²) in [5, 5.41) is 8.79. The highest BCUT2D eigenvalue weighted by Crippen LogP contribution is 2.46. The lowest BCUT2D eigenvalue weighted by Gasteiger charge is -2.24. The quantitative estimate of drug-likeness (QED) is 0.162. The summed E-state index contributed by atoms with van der Waals surface area (Å²) in [5.41, 5.74) is 15.7. The number of rotatable bonds is 7. The van der Waals surface area contributed by atoms with E-state index in [1.165, 1.54) is 88.3 Å². The lowest BCUT2D eigenvalue weighted by Crippen LogP contribution is -2.20. The van der Waals surface area contributed by atoms with Gasteiger partial charge in [0.2, 0.25) is 0 Å². The molecule has 0 amide bonds. The lowest BCUT2D eigenvalue weighted by atomic mass is 9.83. The third-order valence-corrected chi connectivity index (χ3v) is 11.1. The zero-order valence-electron chi connectivity index (χ0n) is 30.9. The Hall–Kier alpha value is -7.22. The molecule has 0 radical (unpaired) electrons. The minimum absolute atomic E-state index is 0.0391. The van der Waals surface area contributed by atoms with E-state index in [0.29, 0.717) is 0 Å². The third-order valence-electron chi connectivity index (χ3n) is 11.1. The number of allylic oxidation sites excluding steroid dienone is 2. The topological polar surface area (TPSA) is 12.0 Å². The SMILES string of the molecule is C1=CC(c2ccc3c(-c4ccccc4)c4cc(-c5cc(-c6ccccc6)cc(-c6ccccc6)c5)ccc4c(-c4ccccc4)c3c2)NC(c2ccccc2)=C1. The van der Waals surface area contributed by atoms with Crippen LogP contribution in [-0.4, -0.2) is 0 Å². The van der Waals surface area contributed by atoms with E-state index in [1.807, 2.05) is 0 Å². The molecule has 9 aromatic carbocycles. The van der Waals surface area contributed by atoms with Crippen LogP contribution in [0.1, 0.15) is 17.2 Å². The normalized spacial score (nSPS) is 13.7. The summed E-state index contributed by atoms with van der Waals surface area (Å²) >= 11 is 0. The van der Waals surface area contributed by atoms with Gasteiger partial charge >= 0.3 is 0 Å². The fourth-order valence-electron chi connectivity index (χ4n) is 8.36. The Morgan fingerprint density at radius 3 is 1.25 bits per heavy atom. The zero-order chi connectivity index (χ0) is 37.3. The van der Waals surface area contributed by atoms with Gasteiger partial charge in [-0.1, -0.05) is 188 Å². The van der Waals surface area contributed by atoms with Crippen LogP contribution >= 0.6 is 0 Å². The van der Waals surface area contributed by atoms with E-state index < -0.39 is 0 Å². The van der Waals surface area contributed by atoms with E-state index in [0.717, 1.165) is 5.70 Å². The molecule has 0 aromatic heterocycles. The molecule has 9 aromatic rings. The van der Waals surface area contributed by atoms with Crippen molar-refractivity contribution in [3.05, 3.63) is 236 Å². The molecule has 1 aliphatic heterocycles. The van der Waals surface area contributed by atoms with Crippen LogP contribution in [0.4, 0.5) is 0 Å². The van der Waals surface area contributed by atoms with Gasteiger partial charge in [-0.15, -0.1) is 0 Å². The van der Waals surface area contributed by atoms with Crippen LogP contribution in [-0.2, 0) is 0 Å². The average Bonchev–Trinajstić information content (AvgIpc) is 3.29. The first-order valence-corrected chi connectivity index (χ1v) is 19.4. The molecular formula is C55H39N. The molecule has 1 nitrogen and oxygen atoms in total. The van der Waals surface area contributed by atoms with Crippen LogP contribution in [0.25, 0.3) is 82.9 Å². The second kappa shape index (κ2) is 14.5. The highest BCUT2D eigenvalue weighted by atomic mass is 14.9. The molecule has 56 heavy (non-hydrogen) atoms. The molecule has 0 fully saturated rings. The molecule has 0 saturated heterocycles. The molecule has 264 valence electrons. The van der Waals surface area contributed by atoms with Crippen molar-refractivity contribution >= 4 is 27.2 Å². The van der Waals surface area contributed by atoms with Gasteiger partial charge < -0.3 is 5.32 Å². The number of hydrogen-bond acceptors (Lipinski definition) is 1. The molecule has 0 spiro atoms. The van der Waals surface area contributed by atoms with Crippen molar-refractivity contribution < 1.29 is 0 Å². The Morgan fingerprint density at radius 2 is 0.732 bits per heavy atom. The van der Waals surface area contributed by atoms with Gasteiger partial charge in [-0.05, 0) is 125 Å². The van der Waals surface area contributed by atoms with Gasteiger partial charge in [-0.3, -0.25) is 0 Å². The number of hydrogen-bond donors (Lipinski definition) is 1. The van der Waals surface area contributed by atoms with E-state index in [2.05, 4.69) is 230 Å². The standard InChI is InChI=1S/C55H39N/c1-6-17-38(18-7-1)45-33-46(39-19-8-2-9-20-39)35-47(34-45)43-29-31-48-50(36-43)54(41-23-12-4-13-24-41)49-32-30-44(37-51(49)55(48)42-25-14-5-15-26-42)53-28-16-27-52(56-53)40-21-10-3-11-22-40/h1-37,53,56H. The smallest absolute Gasteiger partial charge is 0.0701 e. The van der Waals surface area contributed by atoms with Crippen LogP contribution in [0, 0.1) is 0 Å². The number of benzene rings is 9. The van der Waals surface area contributed by atoms with Crippen molar-refractivity contribution in [2.45, 2.75) is 6.04 Å². The summed E-state index contributed by atoms with van der Waals surface area (Å²) in [4.78, 5) is 0. The van der Waals surface area contributed by atoms with E-state index in [-0.39, 0.29) is 6.04 Å². The Balaban J connectivity index is 1.21. The minimum atomic E-state index is 0.0391. The van der Waals surface area contributed by atoms with Crippen LogP contribution < -0.4 is 5.32 Å². The molecule has 10 rings (SSSR count).